The van der Waals surface area contributed by atoms with Gasteiger partial charge in [-0.3, -0.25) is 4.79 Å². The molecule has 2 nitrogen and oxygen atoms in total. The first-order valence-corrected chi connectivity index (χ1v) is 11.1. The number of carbonyl (C=O) groups excluding carboxylic acids is 1. The molecule has 0 spiro atoms. The number of carbonyl (C=O) groups is 1. The SMILES string of the molecule is CC(C)c1cccc(C(C)C)c1NC(=O)C1c2ccccc2CCc2ccccc21. The summed E-state index contributed by atoms with van der Waals surface area (Å²) in [5, 5.41) is 3.38. The second-order valence-electron chi connectivity index (χ2n) is 8.94. The molecule has 1 amide bonds. The lowest BCUT2D eigenvalue weighted by Crippen LogP contribution is -2.24. The van der Waals surface area contributed by atoms with E-state index in [1.807, 2.05) is 0 Å². The van der Waals surface area contributed by atoms with E-state index in [1.54, 1.807) is 0 Å². The van der Waals surface area contributed by atoms with E-state index in [-0.39, 0.29) is 11.8 Å². The molecular formula is C28H31NO. The van der Waals surface area contributed by atoms with Gasteiger partial charge < -0.3 is 5.32 Å². The minimum Gasteiger partial charge on any atom is -0.325 e. The highest BCUT2D eigenvalue weighted by molar-refractivity contribution is 6.00. The van der Waals surface area contributed by atoms with E-state index in [4.69, 9.17) is 0 Å². The summed E-state index contributed by atoms with van der Waals surface area (Å²) in [6.45, 7) is 8.74. The van der Waals surface area contributed by atoms with Crippen molar-refractivity contribution in [3.8, 4) is 0 Å². The van der Waals surface area contributed by atoms with Gasteiger partial charge in [0.05, 0.1) is 5.92 Å². The van der Waals surface area contributed by atoms with Gasteiger partial charge in [-0.15, -0.1) is 0 Å². The molecule has 0 fully saturated rings. The fourth-order valence-corrected chi connectivity index (χ4v) is 4.70. The molecule has 0 saturated carbocycles. The van der Waals surface area contributed by atoms with Gasteiger partial charge in [-0.05, 0) is 58.1 Å². The van der Waals surface area contributed by atoms with Crippen LogP contribution in [-0.4, -0.2) is 5.91 Å². The molecule has 0 heterocycles. The Morgan fingerprint density at radius 2 is 1.20 bits per heavy atom. The Kier molecular flexibility index (Phi) is 5.76. The van der Waals surface area contributed by atoms with Crippen LogP contribution in [0.4, 0.5) is 5.69 Å². The summed E-state index contributed by atoms with van der Waals surface area (Å²) >= 11 is 0. The van der Waals surface area contributed by atoms with Crippen LogP contribution < -0.4 is 5.32 Å². The van der Waals surface area contributed by atoms with Gasteiger partial charge in [0.2, 0.25) is 5.91 Å². The minimum absolute atomic E-state index is 0.0619. The quantitative estimate of drug-likeness (QED) is 0.515. The van der Waals surface area contributed by atoms with Crippen LogP contribution >= 0.6 is 0 Å². The van der Waals surface area contributed by atoms with Crippen LogP contribution in [0.1, 0.15) is 78.8 Å². The number of nitrogens with one attached hydrogen (secondary N) is 1. The first-order chi connectivity index (χ1) is 14.5. The lowest BCUT2D eigenvalue weighted by Gasteiger charge is -2.24. The molecule has 0 saturated heterocycles. The molecule has 0 radical (unpaired) electrons. The van der Waals surface area contributed by atoms with Gasteiger partial charge in [0.1, 0.15) is 0 Å². The molecule has 4 rings (SSSR count). The lowest BCUT2D eigenvalue weighted by atomic mass is 9.86. The molecular weight excluding hydrogens is 366 g/mol. The zero-order valence-electron chi connectivity index (χ0n) is 18.4. The van der Waals surface area contributed by atoms with Crippen molar-refractivity contribution < 1.29 is 4.79 Å². The van der Waals surface area contributed by atoms with Crippen molar-refractivity contribution in [1.29, 1.82) is 0 Å². The summed E-state index contributed by atoms with van der Waals surface area (Å²) in [4.78, 5) is 13.9. The molecule has 1 aliphatic rings. The van der Waals surface area contributed by atoms with E-state index in [9.17, 15) is 4.79 Å². The molecule has 2 heteroatoms. The molecule has 1 aliphatic carbocycles. The summed E-state index contributed by atoms with van der Waals surface area (Å²) in [5.41, 5.74) is 8.20. The molecule has 0 unspecified atom stereocenters. The van der Waals surface area contributed by atoms with Crippen LogP contribution in [0, 0.1) is 0 Å². The molecule has 0 aliphatic heterocycles. The number of hydrogen-bond donors (Lipinski definition) is 1. The number of anilines is 1. The zero-order valence-corrected chi connectivity index (χ0v) is 18.4. The summed E-state index contributed by atoms with van der Waals surface area (Å²) in [5.74, 6) is 0.451. The van der Waals surface area contributed by atoms with E-state index in [1.165, 1.54) is 22.3 Å². The average Bonchev–Trinajstić information content (AvgIpc) is 2.90. The highest BCUT2D eigenvalue weighted by Gasteiger charge is 2.30. The van der Waals surface area contributed by atoms with Crippen LogP contribution in [0.2, 0.25) is 0 Å². The highest BCUT2D eigenvalue weighted by atomic mass is 16.1. The number of benzene rings is 3. The summed E-state index contributed by atoms with van der Waals surface area (Å²) in [6, 6.07) is 23.2. The molecule has 30 heavy (non-hydrogen) atoms. The molecule has 1 N–H and O–H groups in total. The Morgan fingerprint density at radius 1 is 0.733 bits per heavy atom. The molecule has 0 aromatic heterocycles. The Balaban J connectivity index is 1.82. The smallest absolute Gasteiger partial charge is 0.236 e. The number of para-hydroxylation sites is 1. The molecule has 154 valence electrons. The third-order valence-electron chi connectivity index (χ3n) is 6.28. The van der Waals surface area contributed by atoms with Crippen LogP contribution in [0.5, 0.6) is 0 Å². The Labute approximate surface area is 180 Å². The number of hydrogen-bond acceptors (Lipinski definition) is 1. The first kappa shape index (κ1) is 20.4. The highest BCUT2D eigenvalue weighted by Crippen LogP contribution is 2.37. The van der Waals surface area contributed by atoms with Crippen molar-refractivity contribution in [3.63, 3.8) is 0 Å². The molecule has 0 atom stereocenters. The van der Waals surface area contributed by atoms with Crippen molar-refractivity contribution in [2.45, 2.75) is 58.3 Å². The third kappa shape index (κ3) is 3.79. The zero-order chi connectivity index (χ0) is 21.3. The predicted octanol–water partition coefficient (Wildman–Crippen LogP) is 6.80. The minimum atomic E-state index is -0.292. The first-order valence-electron chi connectivity index (χ1n) is 11.1. The van der Waals surface area contributed by atoms with Gasteiger partial charge in [-0.2, -0.15) is 0 Å². The van der Waals surface area contributed by atoms with Gasteiger partial charge >= 0.3 is 0 Å². The fraction of sp³-hybridized carbons (Fsp3) is 0.321. The Hall–Kier alpha value is -2.87. The second-order valence-corrected chi connectivity index (χ2v) is 8.94. The monoisotopic (exact) mass is 397 g/mol. The number of fused-ring (bicyclic) bond motifs is 2. The summed E-state index contributed by atoms with van der Waals surface area (Å²) in [6.07, 6.45) is 1.94. The van der Waals surface area contributed by atoms with Crippen molar-refractivity contribution in [2.75, 3.05) is 5.32 Å². The number of aryl methyl sites for hydroxylation is 2. The topological polar surface area (TPSA) is 29.1 Å². The van der Waals surface area contributed by atoms with Gasteiger partial charge in [0.25, 0.3) is 0 Å². The van der Waals surface area contributed by atoms with Crippen molar-refractivity contribution in [3.05, 3.63) is 100 Å². The van der Waals surface area contributed by atoms with E-state index in [0.29, 0.717) is 11.8 Å². The Bertz CT molecular complexity index is 990. The maximum Gasteiger partial charge on any atom is 0.236 e. The van der Waals surface area contributed by atoms with E-state index in [2.05, 4.69) is 99.7 Å². The van der Waals surface area contributed by atoms with Gasteiger partial charge in [-0.25, -0.2) is 0 Å². The average molecular weight is 398 g/mol. The second kappa shape index (κ2) is 8.47. The van der Waals surface area contributed by atoms with Gasteiger partial charge in [0, 0.05) is 5.69 Å². The van der Waals surface area contributed by atoms with Crippen LogP contribution in [-0.2, 0) is 17.6 Å². The van der Waals surface area contributed by atoms with Crippen LogP contribution in [0.3, 0.4) is 0 Å². The molecule has 3 aromatic rings. The van der Waals surface area contributed by atoms with Gasteiger partial charge in [0.15, 0.2) is 0 Å². The Morgan fingerprint density at radius 3 is 1.67 bits per heavy atom. The number of rotatable bonds is 4. The summed E-state index contributed by atoms with van der Waals surface area (Å²) < 4.78 is 0. The largest absolute Gasteiger partial charge is 0.325 e. The van der Waals surface area contributed by atoms with Crippen LogP contribution in [0.25, 0.3) is 0 Å². The van der Waals surface area contributed by atoms with E-state index >= 15 is 0 Å². The summed E-state index contributed by atoms with van der Waals surface area (Å²) in [7, 11) is 0. The van der Waals surface area contributed by atoms with Crippen molar-refractivity contribution in [1.82, 2.24) is 0 Å². The third-order valence-corrected chi connectivity index (χ3v) is 6.28. The normalized spacial score (nSPS) is 13.7. The molecule has 3 aromatic carbocycles. The maximum atomic E-state index is 13.9. The predicted molar refractivity (Wildman–Crippen MR) is 125 cm³/mol. The van der Waals surface area contributed by atoms with E-state index < -0.39 is 0 Å². The fourth-order valence-electron chi connectivity index (χ4n) is 4.70. The van der Waals surface area contributed by atoms with Crippen molar-refractivity contribution in [2.24, 2.45) is 0 Å². The standard InChI is InChI=1S/C28H31NO/c1-18(2)22-14-9-15-23(19(3)4)27(22)29-28(30)26-24-12-7-5-10-20(24)16-17-21-11-6-8-13-25(21)26/h5-15,18-19,26H,16-17H2,1-4H3,(H,29,30). The van der Waals surface area contributed by atoms with Crippen molar-refractivity contribution >= 4 is 11.6 Å². The van der Waals surface area contributed by atoms with E-state index in [0.717, 1.165) is 29.7 Å². The maximum absolute atomic E-state index is 13.9. The molecule has 0 bridgehead atoms. The van der Waals surface area contributed by atoms with Gasteiger partial charge in [-0.1, -0.05) is 94.4 Å². The number of amides is 1. The lowest BCUT2D eigenvalue weighted by molar-refractivity contribution is -0.116. The van der Waals surface area contributed by atoms with Crippen LogP contribution in [0.15, 0.2) is 66.7 Å².